The first-order chi connectivity index (χ1) is 11.3. The van der Waals surface area contributed by atoms with Crippen LogP contribution in [0.5, 0.6) is 5.75 Å². The number of carbonyl (C=O) groups is 1. The Labute approximate surface area is 148 Å². The fourth-order valence-electron chi connectivity index (χ4n) is 3.38. The van der Waals surface area contributed by atoms with Crippen molar-refractivity contribution in [1.82, 2.24) is 5.32 Å². The van der Waals surface area contributed by atoms with E-state index in [0.717, 1.165) is 0 Å². The van der Waals surface area contributed by atoms with Gasteiger partial charge in [0.25, 0.3) is 5.91 Å². The molecule has 3 rings (SSSR count). The van der Waals surface area contributed by atoms with Gasteiger partial charge < -0.3 is 10.1 Å². The molecule has 24 heavy (non-hydrogen) atoms. The Morgan fingerprint density at radius 3 is 2.46 bits per heavy atom. The van der Waals surface area contributed by atoms with E-state index in [1.54, 1.807) is 25.3 Å². The molecule has 0 heterocycles. The molecule has 1 fully saturated rings. The number of hydrogen-bond acceptors (Lipinski definition) is 2. The molecule has 0 saturated heterocycles. The Bertz CT molecular complexity index is 768. The van der Waals surface area contributed by atoms with E-state index >= 15 is 0 Å². The molecule has 0 spiro atoms. The molecule has 1 saturated carbocycles. The minimum Gasteiger partial charge on any atom is -0.496 e. The maximum absolute atomic E-state index is 12.7. The molecule has 2 atom stereocenters. The monoisotopic (exact) mass is 343 g/mol. The molecule has 1 N–H and O–H groups in total. The predicted octanol–water partition coefficient (Wildman–Crippen LogP) is 4.58. The fourth-order valence-corrected chi connectivity index (χ4v) is 3.55. The van der Waals surface area contributed by atoms with Crippen molar-refractivity contribution in [3.05, 3.63) is 64.2 Å². The van der Waals surface area contributed by atoms with Crippen molar-refractivity contribution in [3.63, 3.8) is 0 Å². The summed E-state index contributed by atoms with van der Waals surface area (Å²) >= 11 is 6.03. The van der Waals surface area contributed by atoms with Gasteiger partial charge in [-0.2, -0.15) is 0 Å². The van der Waals surface area contributed by atoms with Gasteiger partial charge >= 0.3 is 0 Å². The Kier molecular flexibility index (Phi) is 4.31. The van der Waals surface area contributed by atoms with Gasteiger partial charge in [-0.3, -0.25) is 4.79 Å². The third-order valence-corrected chi connectivity index (χ3v) is 5.19. The zero-order valence-corrected chi connectivity index (χ0v) is 15.1. The summed E-state index contributed by atoms with van der Waals surface area (Å²) in [4.78, 5) is 12.7. The number of rotatable bonds is 4. The number of aryl methyl sites for hydroxylation is 1. The lowest BCUT2D eigenvalue weighted by Crippen LogP contribution is -2.29. The van der Waals surface area contributed by atoms with Gasteiger partial charge in [-0.1, -0.05) is 55.3 Å². The molecule has 0 aliphatic heterocycles. The number of ether oxygens (including phenoxy) is 1. The van der Waals surface area contributed by atoms with Gasteiger partial charge in [0.15, 0.2) is 0 Å². The molecule has 4 heteroatoms. The summed E-state index contributed by atoms with van der Waals surface area (Å²) in [5, 5.41) is 3.67. The maximum atomic E-state index is 12.7. The van der Waals surface area contributed by atoms with Crippen LogP contribution in [0.1, 0.15) is 41.3 Å². The SMILES string of the molecule is COc1ccc(Cl)cc1C(=O)N[C@H]1[C@H](c2ccc(C)cc2)C1(C)C. The average Bonchev–Trinajstić information content (AvgIpc) is 3.08. The quantitative estimate of drug-likeness (QED) is 0.882. The average molecular weight is 344 g/mol. The summed E-state index contributed by atoms with van der Waals surface area (Å²) in [6.07, 6.45) is 0. The first kappa shape index (κ1) is 16.8. The maximum Gasteiger partial charge on any atom is 0.255 e. The largest absolute Gasteiger partial charge is 0.496 e. The first-order valence-corrected chi connectivity index (χ1v) is 8.43. The highest BCUT2D eigenvalue weighted by Crippen LogP contribution is 2.58. The highest BCUT2D eigenvalue weighted by atomic mass is 35.5. The number of carbonyl (C=O) groups excluding carboxylic acids is 1. The molecular formula is C20H22ClNO2. The second-order valence-electron chi connectivity index (χ2n) is 7.01. The van der Waals surface area contributed by atoms with Crippen LogP contribution in [0.3, 0.4) is 0 Å². The van der Waals surface area contributed by atoms with Crippen LogP contribution in [0.2, 0.25) is 5.02 Å². The second-order valence-corrected chi connectivity index (χ2v) is 7.44. The van der Waals surface area contributed by atoms with Crippen molar-refractivity contribution in [2.24, 2.45) is 5.41 Å². The van der Waals surface area contributed by atoms with Crippen LogP contribution in [0.25, 0.3) is 0 Å². The number of halogens is 1. The van der Waals surface area contributed by atoms with E-state index in [0.29, 0.717) is 22.3 Å². The van der Waals surface area contributed by atoms with Gasteiger partial charge in [-0.15, -0.1) is 0 Å². The summed E-state index contributed by atoms with van der Waals surface area (Å²) in [6, 6.07) is 13.7. The van der Waals surface area contributed by atoms with Crippen LogP contribution in [0.4, 0.5) is 0 Å². The van der Waals surface area contributed by atoms with E-state index in [9.17, 15) is 4.79 Å². The van der Waals surface area contributed by atoms with Crippen LogP contribution in [0.15, 0.2) is 42.5 Å². The van der Waals surface area contributed by atoms with Gasteiger partial charge in [0.05, 0.1) is 12.7 Å². The van der Waals surface area contributed by atoms with Crippen molar-refractivity contribution in [2.45, 2.75) is 32.7 Å². The predicted molar refractivity (Wildman–Crippen MR) is 97.0 cm³/mol. The highest BCUT2D eigenvalue weighted by molar-refractivity contribution is 6.31. The van der Waals surface area contributed by atoms with Crippen molar-refractivity contribution in [3.8, 4) is 5.75 Å². The van der Waals surface area contributed by atoms with E-state index in [1.807, 2.05) is 0 Å². The Balaban J connectivity index is 1.80. The number of benzene rings is 2. The van der Waals surface area contributed by atoms with Crippen molar-refractivity contribution < 1.29 is 9.53 Å². The molecule has 1 aliphatic carbocycles. The van der Waals surface area contributed by atoms with Crippen LogP contribution in [0, 0.1) is 12.3 Å². The minimum absolute atomic E-state index is 0.0245. The summed E-state index contributed by atoms with van der Waals surface area (Å²) < 4.78 is 5.28. The number of methoxy groups -OCH3 is 1. The molecule has 3 nitrogen and oxygen atoms in total. The summed E-state index contributed by atoms with van der Waals surface area (Å²) in [7, 11) is 1.55. The van der Waals surface area contributed by atoms with E-state index in [-0.39, 0.29) is 17.4 Å². The first-order valence-electron chi connectivity index (χ1n) is 8.05. The molecule has 126 valence electrons. The number of nitrogens with one attached hydrogen (secondary N) is 1. The summed E-state index contributed by atoms with van der Waals surface area (Å²) in [5.41, 5.74) is 2.99. The summed E-state index contributed by atoms with van der Waals surface area (Å²) in [6.45, 7) is 6.43. The Morgan fingerprint density at radius 2 is 1.83 bits per heavy atom. The molecule has 0 radical (unpaired) electrons. The molecular weight excluding hydrogens is 322 g/mol. The zero-order chi connectivity index (χ0) is 17.5. The van der Waals surface area contributed by atoms with Gasteiger partial charge in [-0.25, -0.2) is 0 Å². The standard InChI is InChI=1S/C20H22ClNO2/c1-12-5-7-13(8-6-12)17-18(20(17,2)3)22-19(23)15-11-14(21)9-10-16(15)24-4/h5-11,17-18H,1-4H3,(H,22,23)/t17-,18-/m0/s1. The molecule has 1 aliphatic rings. The molecule has 0 bridgehead atoms. The van der Waals surface area contributed by atoms with Crippen LogP contribution in [-0.4, -0.2) is 19.1 Å². The smallest absolute Gasteiger partial charge is 0.255 e. The van der Waals surface area contributed by atoms with Gasteiger partial charge in [-0.05, 0) is 36.1 Å². The number of amides is 1. The lowest BCUT2D eigenvalue weighted by atomic mass is 10.0. The van der Waals surface area contributed by atoms with E-state index in [4.69, 9.17) is 16.3 Å². The zero-order valence-electron chi connectivity index (χ0n) is 14.4. The second kappa shape index (κ2) is 6.14. The minimum atomic E-state index is -0.151. The molecule has 0 unspecified atom stereocenters. The fraction of sp³-hybridized carbons (Fsp3) is 0.350. The van der Waals surface area contributed by atoms with Gasteiger partial charge in [0.2, 0.25) is 0 Å². The van der Waals surface area contributed by atoms with E-state index in [1.165, 1.54) is 11.1 Å². The van der Waals surface area contributed by atoms with Gasteiger partial charge in [0, 0.05) is 17.0 Å². The molecule has 2 aromatic rings. The molecule has 2 aromatic carbocycles. The van der Waals surface area contributed by atoms with E-state index < -0.39 is 0 Å². The summed E-state index contributed by atoms with van der Waals surface area (Å²) in [5.74, 6) is 0.691. The van der Waals surface area contributed by atoms with Crippen molar-refractivity contribution >= 4 is 17.5 Å². The highest BCUT2D eigenvalue weighted by Gasteiger charge is 2.59. The third-order valence-electron chi connectivity index (χ3n) is 4.96. The molecule has 0 aromatic heterocycles. The Hall–Kier alpha value is -2.00. The lowest BCUT2D eigenvalue weighted by molar-refractivity contribution is 0.0943. The van der Waals surface area contributed by atoms with Crippen LogP contribution >= 0.6 is 11.6 Å². The van der Waals surface area contributed by atoms with Crippen molar-refractivity contribution in [1.29, 1.82) is 0 Å². The van der Waals surface area contributed by atoms with Crippen LogP contribution in [-0.2, 0) is 0 Å². The number of hydrogen-bond donors (Lipinski definition) is 1. The van der Waals surface area contributed by atoms with Gasteiger partial charge in [0.1, 0.15) is 5.75 Å². The molecule has 1 amide bonds. The van der Waals surface area contributed by atoms with Crippen LogP contribution < -0.4 is 10.1 Å². The topological polar surface area (TPSA) is 38.3 Å². The third kappa shape index (κ3) is 3.01. The normalized spacial score (nSPS) is 21.2. The lowest BCUT2D eigenvalue weighted by Gasteiger charge is -2.10. The van der Waals surface area contributed by atoms with E-state index in [2.05, 4.69) is 50.4 Å². The Morgan fingerprint density at radius 1 is 1.17 bits per heavy atom. The van der Waals surface area contributed by atoms with Crippen molar-refractivity contribution in [2.75, 3.05) is 7.11 Å².